The van der Waals surface area contributed by atoms with Gasteiger partial charge in [0.05, 0.1) is 13.2 Å². The van der Waals surface area contributed by atoms with E-state index >= 15 is 0 Å². The average Bonchev–Trinajstić information content (AvgIpc) is 3.46. The van der Waals surface area contributed by atoms with Gasteiger partial charge >= 0.3 is 0 Å². The van der Waals surface area contributed by atoms with E-state index in [1.54, 1.807) is 0 Å². The zero-order valence-electron chi connectivity index (χ0n) is 23.0. The van der Waals surface area contributed by atoms with Crippen molar-refractivity contribution in [3.63, 3.8) is 0 Å². The number of anilines is 1. The number of nitrogens with zero attached hydrogens (tertiary/aromatic N) is 4. The third-order valence-corrected chi connectivity index (χ3v) is 10.9. The molecule has 0 bridgehead atoms. The summed E-state index contributed by atoms with van der Waals surface area (Å²) in [5, 5.41) is 0. The highest BCUT2D eigenvalue weighted by Crippen LogP contribution is 2.51. The molecule has 5 nitrogen and oxygen atoms in total. The number of likely N-dealkylation sites (tertiary alicyclic amines) is 2. The minimum atomic E-state index is 0.353. The summed E-state index contributed by atoms with van der Waals surface area (Å²) in [5.74, 6) is 3.46. The average molecular weight is 495 g/mol. The van der Waals surface area contributed by atoms with Gasteiger partial charge in [0, 0.05) is 82.1 Å². The zero-order valence-corrected chi connectivity index (χ0v) is 23.0. The first-order valence-corrected chi connectivity index (χ1v) is 15.2. The Bertz CT molecular complexity index is 824. The Morgan fingerprint density at radius 2 is 1.53 bits per heavy atom. The number of para-hydroxylation sites is 1. The van der Waals surface area contributed by atoms with Gasteiger partial charge in [-0.05, 0) is 68.4 Å². The first kappa shape index (κ1) is 25.2. The molecule has 4 aliphatic heterocycles. The number of fused-ring (bicyclic) bond motifs is 2. The van der Waals surface area contributed by atoms with Crippen LogP contribution in [-0.4, -0.2) is 98.4 Å². The van der Waals surface area contributed by atoms with Crippen molar-refractivity contribution in [3.05, 3.63) is 30.3 Å². The van der Waals surface area contributed by atoms with Crippen LogP contribution in [-0.2, 0) is 4.74 Å². The summed E-state index contributed by atoms with van der Waals surface area (Å²) in [5.41, 5.74) is 1.82. The fraction of sp³-hybridized carbons (Fsp3) is 0.806. The van der Waals surface area contributed by atoms with Crippen molar-refractivity contribution in [1.29, 1.82) is 0 Å². The lowest BCUT2D eigenvalue weighted by Gasteiger charge is -2.51. The van der Waals surface area contributed by atoms with Crippen LogP contribution in [0.3, 0.4) is 0 Å². The van der Waals surface area contributed by atoms with Gasteiger partial charge in [0.1, 0.15) is 0 Å². The number of benzene rings is 1. The summed E-state index contributed by atoms with van der Waals surface area (Å²) < 4.78 is 5.56. The molecule has 200 valence electrons. The molecule has 5 heteroatoms. The normalized spacial score (nSPS) is 34.0. The van der Waals surface area contributed by atoms with Gasteiger partial charge in [-0.25, -0.2) is 0 Å². The molecule has 1 aromatic carbocycles. The monoisotopic (exact) mass is 494 g/mol. The fourth-order valence-corrected chi connectivity index (χ4v) is 8.68. The maximum atomic E-state index is 5.56. The zero-order chi connectivity index (χ0) is 24.5. The molecular formula is C31H50N4O. The molecule has 0 aromatic heterocycles. The summed E-state index contributed by atoms with van der Waals surface area (Å²) in [6, 6.07) is 12.3. The lowest BCUT2D eigenvalue weighted by atomic mass is 9.73. The van der Waals surface area contributed by atoms with Crippen LogP contribution in [0.25, 0.3) is 0 Å². The number of hydrogen-bond donors (Lipinski definition) is 0. The Kier molecular flexibility index (Phi) is 7.63. The summed E-state index contributed by atoms with van der Waals surface area (Å²) in [6.45, 7) is 17.8. The molecule has 1 saturated carbocycles. The third-order valence-electron chi connectivity index (χ3n) is 10.9. The molecule has 4 saturated heterocycles. The molecule has 0 amide bonds. The summed E-state index contributed by atoms with van der Waals surface area (Å²) >= 11 is 0. The first-order chi connectivity index (χ1) is 17.6. The lowest BCUT2D eigenvalue weighted by molar-refractivity contribution is 0.0334. The van der Waals surface area contributed by atoms with Crippen molar-refractivity contribution < 1.29 is 4.74 Å². The highest BCUT2D eigenvalue weighted by Gasteiger charge is 2.57. The van der Waals surface area contributed by atoms with E-state index in [9.17, 15) is 0 Å². The second-order valence-corrected chi connectivity index (χ2v) is 13.0. The van der Waals surface area contributed by atoms with Gasteiger partial charge in [-0.1, -0.05) is 32.0 Å². The van der Waals surface area contributed by atoms with E-state index in [0.29, 0.717) is 5.54 Å². The van der Waals surface area contributed by atoms with Crippen LogP contribution in [0.1, 0.15) is 52.4 Å². The van der Waals surface area contributed by atoms with Crippen LogP contribution in [0.2, 0.25) is 0 Å². The molecule has 1 spiro atoms. The van der Waals surface area contributed by atoms with E-state index in [-0.39, 0.29) is 0 Å². The van der Waals surface area contributed by atoms with Crippen molar-refractivity contribution >= 4 is 5.69 Å². The number of rotatable bonds is 6. The number of hydrogen-bond acceptors (Lipinski definition) is 5. The van der Waals surface area contributed by atoms with E-state index in [0.717, 1.165) is 56.0 Å². The maximum absolute atomic E-state index is 5.56. The van der Waals surface area contributed by atoms with Crippen LogP contribution >= 0.6 is 0 Å². The summed E-state index contributed by atoms with van der Waals surface area (Å²) in [6.07, 6.45) is 8.46. The predicted octanol–water partition coefficient (Wildman–Crippen LogP) is 4.44. The topological polar surface area (TPSA) is 22.2 Å². The Morgan fingerprint density at radius 1 is 0.833 bits per heavy atom. The molecule has 36 heavy (non-hydrogen) atoms. The summed E-state index contributed by atoms with van der Waals surface area (Å²) in [4.78, 5) is 11.2. The first-order valence-electron chi connectivity index (χ1n) is 15.2. The van der Waals surface area contributed by atoms with E-state index in [1.807, 2.05) is 0 Å². The fourth-order valence-electron chi connectivity index (χ4n) is 8.68. The molecular weight excluding hydrogens is 444 g/mol. The van der Waals surface area contributed by atoms with Crippen LogP contribution < -0.4 is 4.90 Å². The molecule has 4 heterocycles. The third kappa shape index (κ3) is 4.98. The molecule has 5 aliphatic rings. The Balaban J connectivity index is 1.12. The van der Waals surface area contributed by atoms with Crippen LogP contribution in [0, 0.1) is 23.7 Å². The van der Waals surface area contributed by atoms with Gasteiger partial charge in [0.2, 0.25) is 0 Å². The number of ether oxygens (including phenoxy) is 1. The highest BCUT2D eigenvalue weighted by molar-refractivity contribution is 5.52. The van der Waals surface area contributed by atoms with Crippen molar-refractivity contribution in [2.75, 3.05) is 77.0 Å². The minimum Gasteiger partial charge on any atom is -0.379 e. The second-order valence-electron chi connectivity index (χ2n) is 13.0. The molecule has 2 atom stereocenters. The molecule has 6 rings (SSSR count). The van der Waals surface area contributed by atoms with Gasteiger partial charge in [-0.15, -0.1) is 0 Å². The smallest absolute Gasteiger partial charge is 0.0594 e. The number of piperidine rings is 1. The quantitative estimate of drug-likeness (QED) is 0.582. The molecule has 1 aromatic rings. The molecule has 1 aliphatic carbocycles. The molecule has 0 unspecified atom stereocenters. The Morgan fingerprint density at radius 3 is 2.22 bits per heavy atom. The molecule has 0 radical (unpaired) electrons. The predicted molar refractivity (Wildman–Crippen MR) is 149 cm³/mol. The molecule has 0 N–H and O–H groups in total. The maximum Gasteiger partial charge on any atom is 0.0594 e. The van der Waals surface area contributed by atoms with E-state index in [4.69, 9.17) is 4.74 Å². The van der Waals surface area contributed by atoms with Gasteiger partial charge in [0.25, 0.3) is 0 Å². The van der Waals surface area contributed by atoms with Gasteiger partial charge in [-0.2, -0.15) is 0 Å². The van der Waals surface area contributed by atoms with Crippen LogP contribution in [0.4, 0.5) is 5.69 Å². The van der Waals surface area contributed by atoms with Crippen molar-refractivity contribution in [1.82, 2.24) is 14.7 Å². The highest BCUT2D eigenvalue weighted by atomic mass is 16.5. The Hall–Kier alpha value is -1.14. The van der Waals surface area contributed by atoms with Crippen molar-refractivity contribution in [2.45, 2.75) is 64.0 Å². The summed E-state index contributed by atoms with van der Waals surface area (Å²) in [7, 11) is 0. The Labute approximate surface area is 220 Å². The van der Waals surface area contributed by atoms with E-state index in [2.05, 4.69) is 63.8 Å². The van der Waals surface area contributed by atoms with Gasteiger partial charge in [-0.3, -0.25) is 4.90 Å². The SMILES string of the molecule is CC(C)C1CCC(N2CCC3(CC2)[C@@H]2CN(CCN4CCOCC4)C[C@@H]2CN3c2ccccc2)CC1. The lowest BCUT2D eigenvalue weighted by Crippen LogP contribution is -2.58. The van der Waals surface area contributed by atoms with E-state index in [1.165, 1.54) is 90.0 Å². The van der Waals surface area contributed by atoms with E-state index < -0.39 is 0 Å². The minimum absolute atomic E-state index is 0.353. The van der Waals surface area contributed by atoms with Crippen molar-refractivity contribution in [3.8, 4) is 0 Å². The second kappa shape index (κ2) is 10.9. The van der Waals surface area contributed by atoms with Gasteiger partial charge < -0.3 is 19.4 Å². The van der Waals surface area contributed by atoms with Crippen molar-refractivity contribution in [2.24, 2.45) is 23.7 Å². The largest absolute Gasteiger partial charge is 0.379 e. The molecule has 5 fully saturated rings. The van der Waals surface area contributed by atoms with Crippen LogP contribution in [0.15, 0.2) is 30.3 Å². The van der Waals surface area contributed by atoms with Gasteiger partial charge in [0.15, 0.2) is 0 Å². The number of morpholine rings is 1. The van der Waals surface area contributed by atoms with Crippen LogP contribution in [0.5, 0.6) is 0 Å². The standard InChI is InChI=1S/C31H50N4O/c1-25(2)26-8-10-28(11-9-26)34-14-12-31(13-15-34)30-24-33(17-16-32-18-20-36-21-19-32)22-27(30)23-35(31)29-6-4-3-5-7-29/h3-7,25-28,30H,8-24H2,1-2H3/t26?,27-,28?,30-/m1/s1.